The molecule has 3 heteroatoms. The van der Waals surface area contributed by atoms with Crippen molar-refractivity contribution in [3.63, 3.8) is 0 Å². The predicted octanol–water partition coefficient (Wildman–Crippen LogP) is 4.68. The van der Waals surface area contributed by atoms with Gasteiger partial charge in [-0.2, -0.15) is 12.6 Å². The Bertz CT molecular complexity index is 570. The van der Waals surface area contributed by atoms with Gasteiger partial charge in [-0.25, -0.2) is 4.98 Å². The number of benzene rings is 1. The Morgan fingerprint density at radius 2 is 1.95 bits per heavy atom. The van der Waals surface area contributed by atoms with Crippen LogP contribution in [0.25, 0.3) is 11.0 Å². The Morgan fingerprint density at radius 1 is 1.20 bits per heavy atom. The van der Waals surface area contributed by atoms with Crippen molar-refractivity contribution in [3.8, 4) is 0 Å². The molecule has 1 heterocycles. The molecule has 0 radical (unpaired) electrons. The van der Waals surface area contributed by atoms with Crippen LogP contribution in [0.4, 0.5) is 0 Å². The highest BCUT2D eigenvalue weighted by atomic mass is 32.1. The molecule has 0 aliphatic carbocycles. The zero-order valence-electron chi connectivity index (χ0n) is 13.1. The molecule has 0 saturated heterocycles. The van der Waals surface area contributed by atoms with E-state index in [1.165, 1.54) is 23.3 Å². The van der Waals surface area contributed by atoms with E-state index in [4.69, 9.17) is 4.98 Å². The van der Waals surface area contributed by atoms with Crippen LogP contribution in [0.2, 0.25) is 0 Å². The molecule has 0 aliphatic rings. The zero-order valence-corrected chi connectivity index (χ0v) is 14.0. The largest absolute Gasteiger partial charge is 0.328 e. The van der Waals surface area contributed by atoms with E-state index < -0.39 is 0 Å². The van der Waals surface area contributed by atoms with Crippen molar-refractivity contribution < 1.29 is 0 Å². The summed E-state index contributed by atoms with van der Waals surface area (Å²) in [5, 5.41) is 0. The number of aryl methyl sites for hydroxylation is 2. The lowest BCUT2D eigenvalue weighted by Crippen LogP contribution is -2.07. The molecule has 0 bridgehead atoms. The number of aromatic nitrogens is 2. The van der Waals surface area contributed by atoms with E-state index >= 15 is 0 Å². The van der Waals surface area contributed by atoms with Gasteiger partial charge in [-0.05, 0) is 41.7 Å². The van der Waals surface area contributed by atoms with Gasteiger partial charge in [0.1, 0.15) is 5.82 Å². The smallest absolute Gasteiger partial charge is 0.110 e. The van der Waals surface area contributed by atoms with E-state index in [2.05, 4.69) is 63.1 Å². The van der Waals surface area contributed by atoms with Crippen molar-refractivity contribution in [2.45, 2.75) is 53.0 Å². The lowest BCUT2D eigenvalue weighted by molar-refractivity contribution is 0.513. The van der Waals surface area contributed by atoms with Gasteiger partial charge >= 0.3 is 0 Å². The first kappa shape index (κ1) is 15.4. The van der Waals surface area contributed by atoms with Crippen molar-refractivity contribution in [2.24, 2.45) is 5.92 Å². The van der Waals surface area contributed by atoms with E-state index in [0.29, 0.717) is 11.8 Å². The van der Waals surface area contributed by atoms with Crippen LogP contribution in [0, 0.1) is 5.92 Å². The van der Waals surface area contributed by atoms with Gasteiger partial charge in [0.25, 0.3) is 0 Å². The van der Waals surface area contributed by atoms with Gasteiger partial charge in [0.15, 0.2) is 0 Å². The monoisotopic (exact) mass is 290 g/mol. The minimum atomic E-state index is 0.550. The molecule has 0 amide bonds. The van der Waals surface area contributed by atoms with Gasteiger partial charge in [0.2, 0.25) is 0 Å². The first-order valence-electron chi connectivity index (χ1n) is 7.62. The molecule has 0 spiro atoms. The molecule has 0 fully saturated rings. The minimum Gasteiger partial charge on any atom is -0.328 e. The van der Waals surface area contributed by atoms with Crippen LogP contribution in [0.15, 0.2) is 18.2 Å². The number of nitrogens with zero attached hydrogens (tertiary/aromatic N) is 2. The standard InChI is InChI=1S/C17H26N2S/c1-12(2)7-9-19-16-6-5-14(13(3)4)11-15(16)18-17(19)8-10-20/h5-6,11-13,20H,7-10H2,1-4H3. The molecule has 20 heavy (non-hydrogen) atoms. The highest BCUT2D eigenvalue weighted by Gasteiger charge is 2.12. The van der Waals surface area contributed by atoms with Crippen molar-refractivity contribution in [1.29, 1.82) is 0 Å². The summed E-state index contributed by atoms with van der Waals surface area (Å²) < 4.78 is 2.38. The zero-order chi connectivity index (χ0) is 14.7. The SMILES string of the molecule is CC(C)CCn1c(CCS)nc2cc(C(C)C)ccc21. The third-order valence-corrected chi connectivity index (χ3v) is 4.01. The van der Waals surface area contributed by atoms with Crippen LogP contribution in [-0.4, -0.2) is 15.3 Å². The highest BCUT2D eigenvalue weighted by molar-refractivity contribution is 7.80. The van der Waals surface area contributed by atoms with Crippen LogP contribution in [0.5, 0.6) is 0 Å². The summed E-state index contributed by atoms with van der Waals surface area (Å²) in [5.74, 6) is 3.29. The Labute approximate surface area is 128 Å². The number of fused-ring (bicyclic) bond motifs is 1. The van der Waals surface area contributed by atoms with Gasteiger partial charge in [-0.1, -0.05) is 33.8 Å². The van der Waals surface area contributed by atoms with E-state index in [1.54, 1.807) is 0 Å². The number of hydrogen-bond donors (Lipinski definition) is 1. The van der Waals surface area contributed by atoms with E-state index in [1.807, 2.05) is 0 Å². The normalized spacial score (nSPS) is 11.9. The average Bonchev–Trinajstić information content (AvgIpc) is 2.73. The lowest BCUT2D eigenvalue weighted by atomic mass is 10.0. The molecule has 1 aromatic carbocycles. The number of hydrogen-bond acceptors (Lipinski definition) is 2. The summed E-state index contributed by atoms with van der Waals surface area (Å²) in [6, 6.07) is 6.72. The highest BCUT2D eigenvalue weighted by Crippen LogP contribution is 2.23. The Hall–Kier alpha value is -0.960. The molecule has 2 rings (SSSR count). The fourth-order valence-corrected chi connectivity index (χ4v) is 2.68. The maximum absolute atomic E-state index is 4.84. The van der Waals surface area contributed by atoms with Gasteiger partial charge < -0.3 is 4.57 Å². The van der Waals surface area contributed by atoms with Crippen molar-refractivity contribution in [2.75, 3.05) is 5.75 Å². The van der Waals surface area contributed by atoms with E-state index in [-0.39, 0.29) is 0 Å². The van der Waals surface area contributed by atoms with Crippen LogP contribution in [-0.2, 0) is 13.0 Å². The Kier molecular flexibility index (Phi) is 5.14. The van der Waals surface area contributed by atoms with Gasteiger partial charge in [-0.3, -0.25) is 0 Å². The molecule has 1 aromatic heterocycles. The molecule has 2 aromatic rings. The topological polar surface area (TPSA) is 17.8 Å². The Morgan fingerprint density at radius 3 is 2.55 bits per heavy atom. The first-order chi connectivity index (χ1) is 9.52. The van der Waals surface area contributed by atoms with Gasteiger partial charge in [0, 0.05) is 13.0 Å². The molecular formula is C17H26N2S. The maximum Gasteiger partial charge on any atom is 0.110 e. The molecular weight excluding hydrogens is 264 g/mol. The summed E-state index contributed by atoms with van der Waals surface area (Å²) in [5.41, 5.74) is 3.77. The summed E-state index contributed by atoms with van der Waals surface area (Å²) in [4.78, 5) is 4.84. The van der Waals surface area contributed by atoms with Crippen molar-refractivity contribution in [3.05, 3.63) is 29.6 Å². The lowest BCUT2D eigenvalue weighted by Gasteiger charge is -2.11. The minimum absolute atomic E-state index is 0.550. The molecule has 0 aliphatic heterocycles. The van der Waals surface area contributed by atoms with Crippen LogP contribution < -0.4 is 0 Å². The second-order valence-electron chi connectivity index (χ2n) is 6.24. The van der Waals surface area contributed by atoms with E-state index in [9.17, 15) is 0 Å². The van der Waals surface area contributed by atoms with Gasteiger partial charge in [0.05, 0.1) is 11.0 Å². The summed E-state index contributed by atoms with van der Waals surface area (Å²) in [7, 11) is 0. The quantitative estimate of drug-likeness (QED) is 0.765. The van der Waals surface area contributed by atoms with Crippen LogP contribution >= 0.6 is 12.6 Å². The maximum atomic E-state index is 4.84. The fraction of sp³-hybridized carbons (Fsp3) is 0.588. The third-order valence-electron chi connectivity index (χ3n) is 3.78. The number of rotatable bonds is 6. The van der Waals surface area contributed by atoms with Crippen molar-refractivity contribution in [1.82, 2.24) is 9.55 Å². The van der Waals surface area contributed by atoms with E-state index in [0.717, 1.165) is 24.2 Å². The molecule has 0 atom stereocenters. The molecule has 0 N–H and O–H groups in total. The third kappa shape index (κ3) is 3.38. The second-order valence-corrected chi connectivity index (χ2v) is 6.69. The first-order valence-corrected chi connectivity index (χ1v) is 8.26. The number of imidazole rings is 1. The molecule has 2 nitrogen and oxygen atoms in total. The molecule has 0 unspecified atom stereocenters. The molecule has 0 saturated carbocycles. The second kappa shape index (κ2) is 6.66. The average molecular weight is 290 g/mol. The molecule has 110 valence electrons. The fourth-order valence-electron chi connectivity index (χ4n) is 2.48. The summed E-state index contributed by atoms with van der Waals surface area (Å²) in [6.45, 7) is 10.1. The predicted molar refractivity (Wildman–Crippen MR) is 90.8 cm³/mol. The number of thiol groups is 1. The Balaban J connectivity index is 2.43. The van der Waals surface area contributed by atoms with Gasteiger partial charge in [-0.15, -0.1) is 0 Å². The van der Waals surface area contributed by atoms with Crippen LogP contribution in [0.3, 0.4) is 0 Å². The van der Waals surface area contributed by atoms with Crippen molar-refractivity contribution >= 4 is 23.7 Å². The summed E-state index contributed by atoms with van der Waals surface area (Å²) >= 11 is 4.37. The van der Waals surface area contributed by atoms with Crippen LogP contribution in [0.1, 0.15) is 51.4 Å². The summed E-state index contributed by atoms with van der Waals surface area (Å²) in [6.07, 6.45) is 2.13.